The van der Waals surface area contributed by atoms with Crippen LogP contribution in [0.4, 0.5) is 11.4 Å². The van der Waals surface area contributed by atoms with Gasteiger partial charge in [-0.1, -0.05) is 54.6 Å². The lowest BCUT2D eigenvalue weighted by atomic mass is 10.1. The number of carbonyl (C=O) groups is 1. The Morgan fingerprint density at radius 1 is 0.811 bits per heavy atom. The number of hydrogen-bond acceptors (Lipinski definition) is 10. The van der Waals surface area contributed by atoms with Gasteiger partial charge in [-0.2, -0.15) is 5.11 Å². The minimum Gasteiger partial charge on any atom is -0.744 e. The molecule has 4 aromatic carbocycles. The largest absolute Gasteiger partial charge is 0.744 e. The molecule has 4 rings (SSSR count). The van der Waals surface area contributed by atoms with Crippen LogP contribution in [0.3, 0.4) is 0 Å². The highest BCUT2D eigenvalue weighted by Gasteiger charge is 2.18. The Hall–Kier alpha value is -4.23. The van der Waals surface area contributed by atoms with Gasteiger partial charge in [-0.05, 0) is 47.4 Å². The van der Waals surface area contributed by atoms with E-state index in [0.29, 0.717) is 11.1 Å². The normalized spacial score (nSPS) is 12.5. The van der Waals surface area contributed by atoms with Crippen LogP contribution < -0.4 is 0 Å². The molecular formula is C25H16N2O8S2-2. The lowest BCUT2D eigenvalue weighted by Crippen LogP contribution is -2.01. The predicted octanol–water partition coefficient (Wildman–Crippen LogP) is 4.67. The van der Waals surface area contributed by atoms with Crippen molar-refractivity contribution in [1.29, 1.82) is 0 Å². The summed E-state index contributed by atoms with van der Waals surface area (Å²) in [6, 6.07) is 18.8. The number of hydrogen-bond donors (Lipinski definition) is 1. The molecule has 0 amide bonds. The molecule has 0 saturated heterocycles. The topological polar surface area (TPSA) is 176 Å². The van der Waals surface area contributed by atoms with Crippen molar-refractivity contribution in [3.63, 3.8) is 0 Å². The molecule has 188 valence electrons. The number of ketones is 1. The molecule has 12 heteroatoms. The average molecular weight is 537 g/mol. The summed E-state index contributed by atoms with van der Waals surface area (Å²) in [6.45, 7) is 0. The molecule has 0 aliphatic carbocycles. The van der Waals surface area contributed by atoms with Gasteiger partial charge in [-0.3, -0.25) is 4.79 Å². The maximum atomic E-state index is 12.3. The van der Waals surface area contributed by atoms with E-state index in [4.69, 9.17) is 0 Å². The van der Waals surface area contributed by atoms with Gasteiger partial charge in [0.05, 0.1) is 15.5 Å². The SMILES string of the molecule is O=C(/C=C\c1cccc(N=Nc2c(O)c(S(=O)(=O)[O-])cc3cc(S(=O)(=O)[O-])ccc23)c1)c1ccccc1. The monoisotopic (exact) mass is 536 g/mol. The molecule has 0 radical (unpaired) electrons. The van der Waals surface area contributed by atoms with Crippen molar-refractivity contribution in [1.82, 2.24) is 0 Å². The quantitative estimate of drug-likeness (QED) is 0.153. The lowest BCUT2D eigenvalue weighted by Gasteiger charge is -2.14. The van der Waals surface area contributed by atoms with Gasteiger partial charge in [0.1, 0.15) is 25.9 Å². The zero-order chi connectivity index (χ0) is 26.8. The van der Waals surface area contributed by atoms with E-state index in [2.05, 4.69) is 10.2 Å². The van der Waals surface area contributed by atoms with Crippen molar-refractivity contribution in [3.8, 4) is 5.75 Å². The molecular weight excluding hydrogens is 520 g/mol. The Labute approximate surface area is 211 Å². The number of azo groups is 1. The Morgan fingerprint density at radius 3 is 2.22 bits per heavy atom. The third-order valence-corrected chi connectivity index (χ3v) is 6.88. The fraction of sp³-hybridized carbons (Fsp3) is 0. The number of fused-ring (bicyclic) bond motifs is 1. The molecule has 4 aromatic rings. The molecule has 0 fully saturated rings. The highest BCUT2D eigenvalue weighted by molar-refractivity contribution is 7.86. The Morgan fingerprint density at radius 2 is 1.54 bits per heavy atom. The van der Waals surface area contributed by atoms with Gasteiger partial charge in [-0.15, -0.1) is 5.11 Å². The number of aromatic hydroxyl groups is 1. The summed E-state index contributed by atoms with van der Waals surface area (Å²) >= 11 is 0. The number of carbonyl (C=O) groups excluding carboxylic acids is 1. The highest BCUT2D eigenvalue weighted by Crippen LogP contribution is 2.41. The van der Waals surface area contributed by atoms with Gasteiger partial charge in [0.2, 0.25) is 0 Å². The smallest absolute Gasteiger partial charge is 0.185 e. The maximum Gasteiger partial charge on any atom is 0.185 e. The molecule has 0 aromatic heterocycles. The van der Waals surface area contributed by atoms with Crippen LogP contribution in [0, 0.1) is 0 Å². The van der Waals surface area contributed by atoms with Gasteiger partial charge in [0.15, 0.2) is 11.5 Å². The van der Waals surface area contributed by atoms with Gasteiger partial charge in [-0.25, -0.2) is 16.8 Å². The van der Waals surface area contributed by atoms with Gasteiger partial charge in [0.25, 0.3) is 0 Å². The summed E-state index contributed by atoms with van der Waals surface area (Å²) < 4.78 is 69.2. The van der Waals surface area contributed by atoms with Crippen LogP contribution in [0.1, 0.15) is 15.9 Å². The molecule has 0 spiro atoms. The first-order valence-electron chi connectivity index (χ1n) is 10.4. The fourth-order valence-corrected chi connectivity index (χ4v) is 4.56. The van der Waals surface area contributed by atoms with Crippen molar-refractivity contribution in [2.75, 3.05) is 0 Å². The molecule has 37 heavy (non-hydrogen) atoms. The third kappa shape index (κ3) is 5.95. The number of nitrogens with zero attached hydrogens (tertiary/aromatic N) is 2. The predicted molar refractivity (Wildman–Crippen MR) is 132 cm³/mol. The summed E-state index contributed by atoms with van der Waals surface area (Å²) in [4.78, 5) is 10.6. The molecule has 10 nitrogen and oxygen atoms in total. The minimum absolute atomic E-state index is 0.0468. The highest BCUT2D eigenvalue weighted by atomic mass is 32.2. The van der Waals surface area contributed by atoms with Crippen LogP contribution >= 0.6 is 0 Å². The van der Waals surface area contributed by atoms with Crippen molar-refractivity contribution in [2.24, 2.45) is 10.2 Å². The van der Waals surface area contributed by atoms with E-state index in [-0.39, 0.29) is 22.2 Å². The van der Waals surface area contributed by atoms with E-state index in [1.807, 2.05) is 0 Å². The second-order valence-electron chi connectivity index (χ2n) is 7.72. The number of phenols is 1. The summed E-state index contributed by atoms with van der Waals surface area (Å²) in [6.07, 6.45) is 2.95. The van der Waals surface area contributed by atoms with E-state index in [0.717, 1.165) is 24.3 Å². The summed E-state index contributed by atoms with van der Waals surface area (Å²) in [5.41, 5.74) is 0.951. The molecule has 0 heterocycles. The first-order chi connectivity index (χ1) is 17.4. The molecule has 0 unspecified atom stereocenters. The second kappa shape index (κ2) is 10.0. The Balaban J connectivity index is 1.74. The number of allylic oxidation sites excluding steroid dienone is 1. The van der Waals surface area contributed by atoms with E-state index >= 15 is 0 Å². The van der Waals surface area contributed by atoms with Crippen LogP contribution in [-0.4, -0.2) is 36.8 Å². The second-order valence-corrected chi connectivity index (χ2v) is 10.4. The molecule has 0 bridgehead atoms. The van der Waals surface area contributed by atoms with Crippen molar-refractivity contribution in [2.45, 2.75) is 9.79 Å². The van der Waals surface area contributed by atoms with E-state index in [1.165, 1.54) is 6.08 Å². The average Bonchev–Trinajstić information content (AvgIpc) is 2.85. The molecule has 1 N–H and O–H groups in total. The van der Waals surface area contributed by atoms with E-state index < -0.39 is 41.5 Å². The summed E-state index contributed by atoms with van der Waals surface area (Å²) in [5, 5.41) is 18.3. The minimum atomic E-state index is -5.19. The molecule has 0 saturated carbocycles. The van der Waals surface area contributed by atoms with Crippen LogP contribution in [0.15, 0.2) is 105 Å². The fourth-order valence-electron chi connectivity index (χ4n) is 3.45. The zero-order valence-electron chi connectivity index (χ0n) is 18.7. The van der Waals surface area contributed by atoms with Crippen molar-refractivity contribution in [3.05, 3.63) is 96.1 Å². The number of phenolic OH excluding ortho intramolecular Hbond substituents is 1. The summed E-state index contributed by atoms with van der Waals surface area (Å²) in [7, 11) is -10.1. The maximum absolute atomic E-state index is 12.3. The van der Waals surface area contributed by atoms with Gasteiger partial charge in [0, 0.05) is 10.9 Å². The van der Waals surface area contributed by atoms with Crippen LogP contribution in [0.25, 0.3) is 16.8 Å². The number of benzene rings is 4. The molecule has 0 aliphatic rings. The molecule has 0 aliphatic heterocycles. The van der Waals surface area contributed by atoms with E-state index in [9.17, 15) is 35.8 Å². The third-order valence-electron chi connectivity index (χ3n) is 5.20. The first kappa shape index (κ1) is 25.9. The first-order valence-corrected chi connectivity index (χ1v) is 13.3. The van der Waals surface area contributed by atoms with Gasteiger partial charge >= 0.3 is 0 Å². The van der Waals surface area contributed by atoms with Crippen molar-refractivity contribution < 1.29 is 35.8 Å². The number of rotatable bonds is 7. The lowest BCUT2D eigenvalue weighted by molar-refractivity contribution is 0.104. The molecule has 0 atom stereocenters. The zero-order valence-corrected chi connectivity index (χ0v) is 20.3. The standard InChI is InChI=1S/C25H18N2O8S2/c28-22(17-6-2-1-3-7-17)12-9-16-5-4-8-19(13-16)26-27-24-21-11-10-20(36(30,31)32)14-18(21)15-23(25(24)29)37(33,34)35/h1-15,29H,(H,30,31,32)(H,33,34,35)/p-2/b12-9-,27-26?. The van der Waals surface area contributed by atoms with Crippen molar-refractivity contribution >= 4 is 54.2 Å². The Bertz CT molecular complexity index is 1800. The van der Waals surface area contributed by atoms with Crippen LogP contribution in [-0.2, 0) is 20.2 Å². The van der Waals surface area contributed by atoms with E-state index in [1.54, 1.807) is 60.7 Å². The van der Waals surface area contributed by atoms with Gasteiger partial charge < -0.3 is 14.2 Å². The summed E-state index contributed by atoms with van der Waals surface area (Å²) in [5.74, 6) is -1.19. The Kier molecular flexibility index (Phi) is 7.01. The van der Waals surface area contributed by atoms with Crippen LogP contribution in [0.2, 0.25) is 0 Å². The van der Waals surface area contributed by atoms with Crippen LogP contribution in [0.5, 0.6) is 5.75 Å².